The Bertz CT molecular complexity index is 417. The number of hydrogen-bond acceptors (Lipinski definition) is 1. The fourth-order valence-corrected chi connectivity index (χ4v) is 1.87. The van der Waals surface area contributed by atoms with Gasteiger partial charge in [-0.25, -0.2) is 0 Å². The van der Waals surface area contributed by atoms with Gasteiger partial charge in [0, 0.05) is 18.4 Å². The van der Waals surface area contributed by atoms with Gasteiger partial charge in [-0.2, -0.15) is 0 Å². The summed E-state index contributed by atoms with van der Waals surface area (Å²) >= 11 is 0. The Balaban J connectivity index is 2.32. The Morgan fingerprint density at radius 3 is 2.53 bits per heavy atom. The highest BCUT2D eigenvalue weighted by molar-refractivity contribution is 5.21. The fraction of sp³-hybridized carbons (Fsp3) is 0.231. The van der Waals surface area contributed by atoms with Gasteiger partial charge >= 0.3 is 0 Å². The standard InChI is InChI=1S/C13H16N2/c1-11(12-6-3-2-4-7-12)15-9-5-8-13(15)10-14/h2-9,11H,10,14H2,1H3. The van der Waals surface area contributed by atoms with Crippen LogP contribution in [0.2, 0.25) is 0 Å². The normalized spacial score (nSPS) is 12.7. The highest BCUT2D eigenvalue weighted by atomic mass is 15.0. The van der Waals surface area contributed by atoms with E-state index in [1.807, 2.05) is 12.1 Å². The molecule has 1 aromatic heterocycles. The van der Waals surface area contributed by atoms with E-state index in [-0.39, 0.29) is 0 Å². The molecule has 2 heteroatoms. The molecule has 1 aromatic carbocycles. The lowest BCUT2D eigenvalue weighted by molar-refractivity contribution is 0.612. The molecule has 0 aliphatic carbocycles. The molecule has 0 radical (unpaired) electrons. The molecule has 0 aliphatic heterocycles. The van der Waals surface area contributed by atoms with Crippen LogP contribution < -0.4 is 5.73 Å². The minimum Gasteiger partial charge on any atom is -0.343 e. The van der Waals surface area contributed by atoms with Gasteiger partial charge in [0.1, 0.15) is 0 Å². The van der Waals surface area contributed by atoms with Gasteiger partial charge < -0.3 is 10.3 Å². The summed E-state index contributed by atoms with van der Waals surface area (Å²) in [4.78, 5) is 0. The molecule has 0 fully saturated rings. The van der Waals surface area contributed by atoms with Crippen LogP contribution in [-0.2, 0) is 6.54 Å². The lowest BCUT2D eigenvalue weighted by atomic mass is 10.1. The molecule has 2 N–H and O–H groups in total. The Kier molecular flexibility index (Phi) is 2.88. The Morgan fingerprint density at radius 1 is 1.13 bits per heavy atom. The second-order valence-electron chi connectivity index (χ2n) is 3.70. The highest BCUT2D eigenvalue weighted by Crippen LogP contribution is 2.19. The first-order valence-corrected chi connectivity index (χ1v) is 5.23. The number of hydrogen-bond donors (Lipinski definition) is 1. The Hall–Kier alpha value is -1.54. The molecule has 2 aromatic rings. The van der Waals surface area contributed by atoms with Crippen LogP contribution in [0.4, 0.5) is 0 Å². The number of benzene rings is 1. The molecule has 0 aliphatic rings. The maximum absolute atomic E-state index is 5.69. The van der Waals surface area contributed by atoms with Crippen LogP contribution in [0.1, 0.15) is 24.2 Å². The number of nitrogens with two attached hydrogens (primary N) is 1. The van der Waals surface area contributed by atoms with Crippen LogP contribution in [0.3, 0.4) is 0 Å². The van der Waals surface area contributed by atoms with Crippen molar-refractivity contribution in [2.45, 2.75) is 19.5 Å². The molecule has 1 heterocycles. The number of nitrogens with zero attached hydrogens (tertiary/aromatic N) is 1. The van der Waals surface area contributed by atoms with Gasteiger partial charge in [0.15, 0.2) is 0 Å². The largest absolute Gasteiger partial charge is 0.343 e. The van der Waals surface area contributed by atoms with Crippen LogP contribution in [-0.4, -0.2) is 4.57 Å². The molecule has 1 atom stereocenters. The topological polar surface area (TPSA) is 30.9 Å². The molecule has 2 nitrogen and oxygen atoms in total. The molecule has 1 unspecified atom stereocenters. The molecule has 2 rings (SSSR count). The third kappa shape index (κ3) is 1.95. The molecule has 78 valence electrons. The predicted molar refractivity (Wildman–Crippen MR) is 62.6 cm³/mol. The van der Waals surface area contributed by atoms with Crippen LogP contribution in [0.5, 0.6) is 0 Å². The summed E-state index contributed by atoms with van der Waals surface area (Å²) in [6, 6.07) is 14.9. The summed E-state index contributed by atoms with van der Waals surface area (Å²) in [5.74, 6) is 0. The summed E-state index contributed by atoms with van der Waals surface area (Å²) < 4.78 is 2.22. The quantitative estimate of drug-likeness (QED) is 0.811. The van der Waals surface area contributed by atoms with Gasteiger partial charge in [-0.05, 0) is 24.6 Å². The first kappa shape index (κ1) is 9.99. The summed E-state index contributed by atoms with van der Waals surface area (Å²) in [7, 11) is 0. The van der Waals surface area contributed by atoms with Crippen molar-refractivity contribution >= 4 is 0 Å². The van der Waals surface area contributed by atoms with Crippen LogP contribution in [0, 0.1) is 0 Å². The molecule has 15 heavy (non-hydrogen) atoms. The molecular formula is C13H16N2. The maximum Gasteiger partial charge on any atom is 0.0555 e. The summed E-state index contributed by atoms with van der Waals surface area (Å²) in [5.41, 5.74) is 8.17. The second-order valence-corrected chi connectivity index (χ2v) is 3.70. The van der Waals surface area contributed by atoms with Crippen molar-refractivity contribution in [3.8, 4) is 0 Å². The van der Waals surface area contributed by atoms with Crippen molar-refractivity contribution in [1.29, 1.82) is 0 Å². The van der Waals surface area contributed by atoms with E-state index in [4.69, 9.17) is 5.73 Å². The van der Waals surface area contributed by atoms with Gasteiger partial charge in [-0.15, -0.1) is 0 Å². The smallest absolute Gasteiger partial charge is 0.0555 e. The van der Waals surface area contributed by atoms with Crippen molar-refractivity contribution in [2.75, 3.05) is 0 Å². The lowest BCUT2D eigenvalue weighted by Gasteiger charge is -2.17. The summed E-state index contributed by atoms with van der Waals surface area (Å²) in [5, 5.41) is 0. The van der Waals surface area contributed by atoms with Crippen molar-refractivity contribution < 1.29 is 0 Å². The molecule has 0 spiro atoms. The highest BCUT2D eigenvalue weighted by Gasteiger charge is 2.08. The van der Waals surface area contributed by atoms with Crippen molar-refractivity contribution in [3.05, 3.63) is 59.9 Å². The first-order chi connectivity index (χ1) is 7.33. The summed E-state index contributed by atoms with van der Waals surface area (Å²) in [6.07, 6.45) is 2.08. The number of rotatable bonds is 3. The van der Waals surface area contributed by atoms with E-state index >= 15 is 0 Å². The lowest BCUT2D eigenvalue weighted by Crippen LogP contribution is -2.11. The average Bonchev–Trinajstić information content (AvgIpc) is 2.77. The van der Waals surface area contributed by atoms with Crippen molar-refractivity contribution in [2.24, 2.45) is 5.73 Å². The maximum atomic E-state index is 5.69. The van der Waals surface area contributed by atoms with E-state index in [2.05, 4.69) is 48.0 Å². The van der Waals surface area contributed by atoms with E-state index in [0.29, 0.717) is 12.6 Å². The molecule has 0 amide bonds. The average molecular weight is 200 g/mol. The van der Waals surface area contributed by atoms with E-state index in [0.717, 1.165) is 0 Å². The predicted octanol–water partition coefficient (Wildman–Crippen LogP) is 2.56. The van der Waals surface area contributed by atoms with E-state index in [9.17, 15) is 0 Å². The van der Waals surface area contributed by atoms with Gasteiger partial charge in [0.25, 0.3) is 0 Å². The Labute approximate surface area is 90.3 Å². The molecule has 0 bridgehead atoms. The van der Waals surface area contributed by atoms with Gasteiger partial charge in [-0.3, -0.25) is 0 Å². The van der Waals surface area contributed by atoms with Gasteiger partial charge in [-0.1, -0.05) is 30.3 Å². The van der Waals surface area contributed by atoms with Crippen LogP contribution in [0.15, 0.2) is 48.7 Å². The SMILES string of the molecule is CC(c1ccccc1)n1cccc1CN. The van der Waals surface area contributed by atoms with Crippen molar-refractivity contribution in [1.82, 2.24) is 4.57 Å². The van der Waals surface area contributed by atoms with Gasteiger partial charge in [0.2, 0.25) is 0 Å². The third-order valence-electron chi connectivity index (χ3n) is 2.78. The van der Waals surface area contributed by atoms with E-state index < -0.39 is 0 Å². The molecular weight excluding hydrogens is 184 g/mol. The monoisotopic (exact) mass is 200 g/mol. The minimum atomic E-state index is 0.347. The van der Waals surface area contributed by atoms with Crippen molar-refractivity contribution in [3.63, 3.8) is 0 Å². The third-order valence-corrected chi connectivity index (χ3v) is 2.78. The zero-order chi connectivity index (χ0) is 10.7. The fourth-order valence-electron chi connectivity index (χ4n) is 1.87. The second kappa shape index (κ2) is 4.32. The van der Waals surface area contributed by atoms with E-state index in [1.165, 1.54) is 11.3 Å². The van der Waals surface area contributed by atoms with Crippen LogP contribution in [0.25, 0.3) is 0 Å². The van der Waals surface area contributed by atoms with Crippen LogP contribution >= 0.6 is 0 Å². The van der Waals surface area contributed by atoms with Gasteiger partial charge in [0.05, 0.1) is 6.04 Å². The molecule has 0 saturated heterocycles. The zero-order valence-corrected chi connectivity index (χ0v) is 8.93. The van der Waals surface area contributed by atoms with E-state index in [1.54, 1.807) is 0 Å². The summed E-state index contributed by atoms with van der Waals surface area (Å²) in [6.45, 7) is 2.78. The Morgan fingerprint density at radius 2 is 1.87 bits per heavy atom. The first-order valence-electron chi connectivity index (χ1n) is 5.23. The zero-order valence-electron chi connectivity index (χ0n) is 8.93. The molecule has 0 saturated carbocycles. The number of aromatic nitrogens is 1. The minimum absolute atomic E-state index is 0.347.